The Balaban J connectivity index is 2.82. The molecule has 0 aliphatic heterocycles. The molecular weight excluding hydrogens is 168 g/mol. The molecule has 1 amide bonds. The summed E-state index contributed by atoms with van der Waals surface area (Å²) < 4.78 is 0. The summed E-state index contributed by atoms with van der Waals surface area (Å²) in [5.74, 6) is -0.180. The molecule has 0 aliphatic rings. The van der Waals surface area contributed by atoms with Gasteiger partial charge in [0.1, 0.15) is 0 Å². The van der Waals surface area contributed by atoms with E-state index >= 15 is 0 Å². The van der Waals surface area contributed by atoms with Crippen LogP contribution >= 0.6 is 0 Å². The van der Waals surface area contributed by atoms with Gasteiger partial charge in [-0.2, -0.15) is 15.5 Å². The fourth-order valence-electron chi connectivity index (χ4n) is 0.953. The van der Waals surface area contributed by atoms with Crippen LogP contribution in [0.25, 0.3) is 0 Å². The summed E-state index contributed by atoms with van der Waals surface area (Å²) in [4.78, 5) is 16.0. The lowest BCUT2D eigenvalue weighted by Crippen LogP contribution is -2.33. The summed E-state index contributed by atoms with van der Waals surface area (Å²) in [7, 11) is 1.60. The molecule has 13 heavy (non-hydrogen) atoms. The molecule has 0 heterocycles. The first-order chi connectivity index (χ1) is 6.25. The lowest BCUT2D eigenvalue weighted by atomic mass is 10.3. The summed E-state index contributed by atoms with van der Waals surface area (Å²) >= 11 is 0. The molecule has 0 radical (unpaired) electrons. The third-order valence-electron chi connectivity index (χ3n) is 1.46. The topological polar surface area (TPSA) is 41.6 Å². The minimum atomic E-state index is -0.180. The normalized spacial score (nSPS) is 9.69. The number of nitrogens with zero attached hydrogens (tertiary/aromatic N) is 1. The smallest absolute Gasteiger partial charge is 0.249 e. The monoisotopic (exact) mass is 180 g/mol. The van der Waals surface area contributed by atoms with E-state index in [4.69, 9.17) is 4.94 Å². The highest BCUT2D eigenvalue weighted by atomic mass is 16.8. The van der Waals surface area contributed by atoms with Crippen molar-refractivity contribution in [3.63, 3.8) is 0 Å². The minimum Gasteiger partial charge on any atom is -0.272 e. The number of carbonyl (C=O) groups is 1. The van der Waals surface area contributed by atoms with Gasteiger partial charge in [0, 0.05) is 14.0 Å². The van der Waals surface area contributed by atoms with Crippen LogP contribution in [-0.2, 0) is 9.73 Å². The molecule has 0 saturated carbocycles. The molecule has 1 rings (SSSR count). The van der Waals surface area contributed by atoms with Gasteiger partial charge in [0.15, 0.2) is 0 Å². The Kier molecular flexibility index (Phi) is 3.42. The van der Waals surface area contributed by atoms with Gasteiger partial charge >= 0.3 is 0 Å². The first-order valence-electron chi connectivity index (χ1n) is 3.95. The molecule has 1 aromatic carbocycles. The number of carbonyl (C=O) groups excluding carboxylic acids is 1. The zero-order valence-corrected chi connectivity index (χ0v) is 7.65. The second-order valence-electron chi connectivity index (χ2n) is 2.44. The van der Waals surface area contributed by atoms with Crippen LogP contribution in [0.2, 0.25) is 0 Å². The Morgan fingerprint density at radius 2 is 2.00 bits per heavy atom. The predicted octanol–water partition coefficient (Wildman–Crippen LogP) is 1.11. The lowest BCUT2D eigenvalue weighted by Gasteiger charge is -2.18. The first kappa shape index (κ1) is 9.70. The number of rotatable bonds is 3. The van der Waals surface area contributed by atoms with Crippen molar-refractivity contribution in [2.75, 3.05) is 12.1 Å². The molecule has 70 valence electrons. The molecule has 0 atom stereocenters. The van der Waals surface area contributed by atoms with Crippen LogP contribution in [0.1, 0.15) is 6.92 Å². The Labute approximate surface area is 77.0 Å². The van der Waals surface area contributed by atoms with Gasteiger partial charge in [-0.25, -0.2) is 0 Å². The summed E-state index contributed by atoms with van der Waals surface area (Å²) in [5, 5.41) is 1.18. The molecule has 0 fully saturated rings. The van der Waals surface area contributed by atoms with Gasteiger partial charge in [-0.1, -0.05) is 18.2 Å². The Bertz CT molecular complexity index is 274. The summed E-state index contributed by atoms with van der Waals surface area (Å²) in [5.41, 5.74) is 3.15. The van der Waals surface area contributed by atoms with Crippen molar-refractivity contribution in [2.24, 2.45) is 0 Å². The van der Waals surface area contributed by atoms with E-state index in [0.717, 1.165) is 0 Å². The van der Waals surface area contributed by atoms with E-state index in [9.17, 15) is 4.79 Å². The fraction of sp³-hybridized carbons (Fsp3) is 0.222. The molecule has 0 bridgehead atoms. The van der Waals surface area contributed by atoms with Crippen LogP contribution in [-0.4, -0.2) is 13.0 Å². The van der Waals surface area contributed by atoms with E-state index < -0.39 is 0 Å². The van der Waals surface area contributed by atoms with Crippen LogP contribution in [0, 0.1) is 0 Å². The number of hydrogen-bond donors (Lipinski definition) is 1. The van der Waals surface area contributed by atoms with Gasteiger partial charge in [0.25, 0.3) is 0 Å². The Morgan fingerprint density at radius 3 is 2.46 bits per heavy atom. The first-order valence-corrected chi connectivity index (χ1v) is 3.95. The second-order valence-corrected chi connectivity index (χ2v) is 2.44. The number of benzene rings is 1. The number of hydrogen-bond acceptors (Lipinski definition) is 3. The highest BCUT2D eigenvalue weighted by Gasteiger charge is 2.10. The zero-order valence-electron chi connectivity index (χ0n) is 7.65. The Morgan fingerprint density at radius 1 is 1.38 bits per heavy atom. The van der Waals surface area contributed by atoms with Crippen molar-refractivity contribution < 1.29 is 9.73 Å². The SMILES string of the molecule is CNON(C(C)=O)c1ccccc1. The number of para-hydroxylation sites is 1. The average Bonchev–Trinajstić information content (AvgIpc) is 2.15. The quantitative estimate of drug-likeness (QED) is 0.708. The van der Waals surface area contributed by atoms with E-state index in [1.807, 2.05) is 18.2 Å². The standard InChI is InChI=1S/C9H12N2O2/c1-8(12)11(13-10-2)9-6-4-3-5-7-9/h3-7,10H,1-2H3. The molecule has 0 saturated heterocycles. The molecule has 0 spiro atoms. The predicted molar refractivity (Wildman–Crippen MR) is 49.7 cm³/mol. The number of nitrogens with one attached hydrogen (secondary N) is 1. The van der Waals surface area contributed by atoms with Crippen LogP contribution in [0.3, 0.4) is 0 Å². The maximum atomic E-state index is 11.1. The van der Waals surface area contributed by atoms with E-state index in [0.29, 0.717) is 5.69 Å². The van der Waals surface area contributed by atoms with Crippen LogP contribution in [0.5, 0.6) is 0 Å². The van der Waals surface area contributed by atoms with Crippen molar-refractivity contribution in [3.05, 3.63) is 30.3 Å². The maximum Gasteiger partial charge on any atom is 0.249 e. The van der Waals surface area contributed by atoms with Crippen LogP contribution in [0.15, 0.2) is 30.3 Å². The van der Waals surface area contributed by atoms with Gasteiger partial charge in [0.2, 0.25) is 5.91 Å². The average molecular weight is 180 g/mol. The Hall–Kier alpha value is -1.39. The van der Waals surface area contributed by atoms with Gasteiger partial charge in [-0.15, -0.1) is 0 Å². The molecule has 4 heteroatoms. The minimum absolute atomic E-state index is 0.180. The van der Waals surface area contributed by atoms with Crippen molar-refractivity contribution >= 4 is 11.6 Å². The van der Waals surface area contributed by atoms with E-state index in [2.05, 4.69) is 5.48 Å². The fourth-order valence-corrected chi connectivity index (χ4v) is 0.953. The van der Waals surface area contributed by atoms with Crippen LogP contribution in [0.4, 0.5) is 5.69 Å². The highest BCUT2D eigenvalue weighted by Crippen LogP contribution is 2.12. The summed E-state index contributed by atoms with van der Waals surface area (Å²) in [6.07, 6.45) is 0. The van der Waals surface area contributed by atoms with Crippen LogP contribution < -0.4 is 10.5 Å². The maximum absolute atomic E-state index is 11.1. The summed E-state index contributed by atoms with van der Waals surface area (Å²) in [6, 6.07) is 9.13. The third kappa shape index (κ3) is 2.54. The van der Waals surface area contributed by atoms with Gasteiger partial charge in [0.05, 0.1) is 5.69 Å². The molecule has 0 unspecified atom stereocenters. The summed E-state index contributed by atoms with van der Waals surface area (Å²) in [6.45, 7) is 1.43. The molecule has 0 aromatic heterocycles. The van der Waals surface area contributed by atoms with Gasteiger partial charge < -0.3 is 0 Å². The van der Waals surface area contributed by atoms with E-state index in [1.54, 1.807) is 19.2 Å². The van der Waals surface area contributed by atoms with Crippen molar-refractivity contribution in [2.45, 2.75) is 6.92 Å². The second kappa shape index (κ2) is 4.59. The van der Waals surface area contributed by atoms with Crippen molar-refractivity contribution in [1.29, 1.82) is 0 Å². The highest BCUT2D eigenvalue weighted by molar-refractivity contribution is 5.89. The van der Waals surface area contributed by atoms with E-state index in [1.165, 1.54) is 12.0 Å². The largest absolute Gasteiger partial charge is 0.272 e. The van der Waals surface area contributed by atoms with Crippen molar-refractivity contribution in [3.8, 4) is 0 Å². The van der Waals surface area contributed by atoms with Crippen molar-refractivity contribution in [1.82, 2.24) is 5.48 Å². The third-order valence-corrected chi connectivity index (χ3v) is 1.46. The molecule has 1 aromatic rings. The van der Waals surface area contributed by atoms with Gasteiger partial charge in [-0.3, -0.25) is 4.79 Å². The van der Waals surface area contributed by atoms with E-state index in [-0.39, 0.29) is 5.91 Å². The molecule has 4 nitrogen and oxygen atoms in total. The number of hydroxylamine groups is 2. The number of anilines is 1. The zero-order chi connectivity index (χ0) is 9.68. The number of amides is 1. The molecular formula is C9H12N2O2. The molecule has 0 aliphatic carbocycles. The lowest BCUT2D eigenvalue weighted by molar-refractivity contribution is -0.126. The van der Waals surface area contributed by atoms with Gasteiger partial charge in [-0.05, 0) is 12.1 Å². The molecule has 1 N–H and O–H groups in total.